The summed E-state index contributed by atoms with van der Waals surface area (Å²) < 4.78 is 27.5. The lowest BCUT2D eigenvalue weighted by Gasteiger charge is -2.23. The number of nitrogens with one attached hydrogen (secondary N) is 1. The summed E-state index contributed by atoms with van der Waals surface area (Å²) in [6.45, 7) is 2.85. The number of nitrogens with two attached hydrogens (primary N) is 1. The van der Waals surface area contributed by atoms with E-state index in [1.54, 1.807) is 7.05 Å². The number of rotatable bonds is 5. The molecule has 2 atom stereocenters. The van der Waals surface area contributed by atoms with Crippen molar-refractivity contribution < 1.29 is 8.42 Å². The molecular formula is C9H22ClN3O2S. The predicted molar refractivity (Wildman–Crippen MR) is 67.8 cm³/mol. The van der Waals surface area contributed by atoms with E-state index in [1.807, 2.05) is 6.92 Å². The molecule has 5 nitrogen and oxygen atoms in total. The summed E-state index contributed by atoms with van der Waals surface area (Å²) in [6, 6.07) is 0.0222. The van der Waals surface area contributed by atoms with Gasteiger partial charge in [0, 0.05) is 19.6 Å². The summed E-state index contributed by atoms with van der Waals surface area (Å²) in [5.74, 6) is 0.296. The van der Waals surface area contributed by atoms with Crippen LogP contribution in [-0.4, -0.2) is 38.9 Å². The average Bonchev–Trinajstić information content (AvgIpc) is 2.63. The second-order valence-electron chi connectivity index (χ2n) is 4.07. The monoisotopic (exact) mass is 271 g/mol. The molecule has 7 heteroatoms. The van der Waals surface area contributed by atoms with Gasteiger partial charge in [0.25, 0.3) is 10.2 Å². The van der Waals surface area contributed by atoms with Crippen molar-refractivity contribution in [3.8, 4) is 0 Å². The van der Waals surface area contributed by atoms with Gasteiger partial charge in [0.05, 0.1) is 0 Å². The topological polar surface area (TPSA) is 75.4 Å². The molecule has 0 amide bonds. The Kier molecular flexibility index (Phi) is 6.81. The van der Waals surface area contributed by atoms with Crippen LogP contribution in [0, 0.1) is 5.92 Å². The summed E-state index contributed by atoms with van der Waals surface area (Å²) in [6.07, 6.45) is 2.99. The van der Waals surface area contributed by atoms with Gasteiger partial charge in [-0.2, -0.15) is 17.4 Å². The van der Waals surface area contributed by atoms with Crippen LogP contribution in [0.2, 0.25) is 0 Å². The molecule has 2 unspecified atom stereocenters. The first-order valence-electron chi connectivity index (χ1n) is 5.45. The first-order valence-corrected chi connectivity index (χ1v) is 6.89. The molecule has 1 aliphatic rings. The van der Waals surface area contributed by atoms with Gasteiger partial charge < -0.3 is 5.73 Å². The van der Waals surface area contributed by atoms with Crippen molar-refractivity contribution in [2.24, 2.45) is 11.7 Å². The highest BCUT2D eigenvalue weighted by molar-refractivity contribution is 7.87. The van der Waals surface area contributed by atoms with Crippen molar-refractivity contribution in [3.63, 3.8) is 0 Å². The van der Waals surface area contributed by atoms with E-state index in [0.29, 0.717) is 19.0 Å². The zero-order chi connectivity index (χ0) is 11.5. The van der Waals surface area contributed by atoms with Crippen LogP contribution in [0.25, 0.3) is 0 Å². The van der Waals surface area contributed by atoms with E-state index in [-0.39, 0.29) is 18.4 Å². The Bertz CT molecular complexity index is 297. The molecule has 0 saturated heterocycles. The van der Waals surface area contributed by atoms with Gasteiger partial charge in [-0.25, -0.2) is 0 Å². The second kappa shape index (κ2) is 6.76. The standard InChI is InChI=1S/C9H21N3O2S.ClH/c1-3-12(2)15(13,14)11-9-6-4-5-8(9)7-10;/h8-9,11H,3-7,10H2,1-2H3;1H. The number of hydrogen-bond donors (Lipinski definition) is 2. The zero-order valence-corrected chi connectivity index (χ0v) is 11.5. The molecule has 0 aliphatic heterocycles. The van der Waals surface area contributed by atoms with Gasteiger partial charge in [-0.15, -0.1) is 12.4 Å². The molecule has 0 aromatic rings. The molecule has 1 saturated carbocycles. The van der Waals surface area contributed by atoms with Crippen molar-refractivity contribution in [3.05, 3.63) is 0 Å². The van der Waals surface area contributed by atoms with Crippen LogP contribution in [0.15, 0.2) is 0 Å². The second-order valence-corrected chi connectivity index (χ2v) is 5.88. The molecule has 3 N–H and O–H groups in total. The third-order valence-electron chi connectivity index (χ3n) is 3.12. The Labute approximate surface area is 104 Å². The van der Waals surface area contributed by atoms with Gasteiger partial charge in [0.15, 0.2) is 0 Å². The van der Waals surface area contributed by atoms with Crippen molar-refractivity contribution in [1.82, 2.24) is 9.03 Å². The molecular weight excluding hydrogens is 250 g/mol. The third kappa shape index (κ3) is 3.85. The minimum atomic E-state index is -3.31. The summed E-state index contributed by atoms with van der Waals surface area (Å²) in [7, 11) is -1.73. The van der Waals surface area contributed by atoms with E-state index in [4.69, 9.17) is 5.73 Å². The fourth-order valence-electron chi connectivity index (χ4n) is 1.93. The highest BCUT2D eigenvalue weighted by Gasteiger charge is 2.30. The lowest BCUT2D eigenvalue weighted by atomic mass is 10.1. The van der Waals surface area contributed by atoms with E-state index >= 15 is 0 Å². The highest BCUT2D eigenvalue weighted by Crippen LogP contribution is 2.25. The van der Waals surface area contributed by atoms with Gasteiger partial charge in [-0.3, -0.25) is 0 Å². The number of halogens is 1. The Morgan fingerprint density at radius 1 is 1.44 bits per heavy atom. The Balaban J connectivity index is 0.00000225. The Hall–Kier alpha value is 0.120. The molecule has 0 bridgehead atoms. The first kappa shape index (κ1) is 16.1. The van der Waals surface area contributed by atoms with Gasteiger partial charge >= 0.3 is 0 Å². The summed E-state index contributed by atoms with van der Waals surface area (Å²) >= 11 is 0. The Morgan fingerprint density at radius 3 is 2.56 bits per heavy atom. The SMILES string of the molecule is CCN(C)S(=O)(=O)NC1CCCC1CN.Cl. The maximum atomic E-state index is 11.8. The molecule has 98 valence electrons. The lowest BCUT2D eigenvalue weighted by molar-refractivity contribution is 0.421. The summed E-state index contributed by atoms with van der Waals surface area (Å²) in [4.78, 5) is 0. The quantitative estimate of drug-likeness (QED) is 0.756. The van der Waals surface area contributed by atoms with Crippen LogP contribution in [0.4, 0.5) is 0 Å². The first-order chi connectivity index (χ1) is 7.01. The van der Waals surface area contributed by atoms with Crippen LogP contribution >= 0.6 is 12.4 Å². The van der Waals surface area contributed by atoms with Crippen molar-refractivity contribution in [2.45, 2.75) is 32.2 Å². The van der Waals surface area contributed by atoms with Gasteiger partial charge in [0.2, 0.25) is 0 Å². The molecule has 16 heavy (non-hydrogen) atoms. The molecule has 0 spiro atoms. The van der Waals surface area contributed by atoms with Crippen molar-refractivity contribution in [2.75, 3.05) is 20.1 Å². The minimum absolute atomic E-state index is 0. The molecule has 1 rings (SSSR count). The maximum Gasteiger partial charge on any atom is 0.279 e. The minimum Gasteiger partial charge on any atom is -0.330 e. The molecule has 0 heterocycles. The molecule has 1 aliphatic carbocycles. The van der Waals surface area contributed by atoms with Crippen LogP contribution in [0.1, 0.15) is 26.2 Å². The summed E-state index contributed by atoms with van der Waals surface area (Å²) in [5, 5.41) is 0. The highest BCUT2D eigenvalue weighted by atomic mass is 35.5. The lowest BCUT2D eigenvalue weighted by Crippen LogP contribution is -2.46. The third-order valence-corrected chi connectivity index (χ3v) is 4.80. The Morgan fingerprint density at radius 2 is 2.06 bits per heavy atom. The molecule has 0 radical (unpaired) electrons. The molecule has 0 aromatic carbocycles. The van der Waals surface area contributed by atoms with E-state index in [2.05, 4.69) is 4.72 Å². The van der Waals surface area contributed by atoms with E-state index in [9.17, 15) is 8.42 Å². The fraction of sp³-hybridized carbons (Fsp3) is 1.00. The molecule has 1 fully saturated rings. The largest absolute Gasteiger partial charge is 0.330 e. The van der Waals surface area contributed by atoms with E-state index in [0.717, 1.165) is 19.3 Å². The van der Waals surface area contributed by atoms with Gasteiger partial charge in [-0.1, -0.05) is 13.3 Å². The van der Waals surface area contributed by atoms with Gasteiger partial charge in [-0.05, 0) is 25.3 Å². The molecule has 0 aromatic heterocycles. The van der Waals surface area contributed by atoms with Crippen LogP contribution in [0.3, 0.4) is 0 Å². The van der Waals surface area contributed by atoms with Crippen molar-refractivity contribution >= 4 is 22.6 Å². The fourth-order valence-corrected chi connectivity index (χ4v) is 3.14. The van der Waals surface area contributed by atoms with Crippen LogP contribution in [0.5, 0.6) is 0 Å². The summed E-state index contributed by atoms with van der Waals surface area (Å²) in [5.41, 5.74) is 5.60. The number of nitrogens with zero attached hydrogens (tertiary/aromatic N) is 1. The smallest absolute Gasteiger partial charge is 0.279 e. The van der Waals surface area contributed by atoms with Gasteiger partial charge in [0.1, 0.15) is 0 Å². The van der Waals surface area contributed by atoms with E-state index in [1.165, 1.54) is 4.31 Å². The predicted octanol–water partition coefficient (Wildman–Crippen LogP) is 0.322. The van der Waals surface area contributed by atoms with E-state index < -0.39 is 10.2 Å². The van der Waals surface area contributed by atoms with Crippen LogP contribution < -0.4 is 10.5 Å². The van der Waals surface area contributed by atoms with Crippen molar-refractivity contribution in [1.29, 1.82) is 0 Å². The average molecular weight is 272 g/mol. The number of hydrogen-bond acceptors (Lipinski definition) is 3. The van der Waals surface area contributed by atoms with Crippen LogP contribution in [-0.2, 0) is 10.2 Å². The normalized spacial score (nSPS) is 25.8. The zero-order valence-electron chi connectivity index (χ0n) is 9.85. The maximum absolute atomic E-state index is 11.8.